The molecule has 1 aromatic heterocycles. The highest BCUT2D eigenvalue weighted by molar-refractivity contribution is 5.73. The summed E-state index contributed by atoms with van der Waals surface area (Å²) in [5.41, 5.74) is 3.11. The van der Waals surface area contributed by atoms with E-state index in [9.17, 15) is 14.9 Å². The minimum Gasteiger partial charge on any atom is -0.481 e. The zero-order valence-electron chi connectivity index (χ0n) is 17.2. The molecular weight excluding hydrogens is 396 g/mol. The van der Waals surface area contributed by atoms with Crippen LogP contribution in [0.2, 0.25) is 0 Å². The molecule has 0 aliphatic carbocycles. The van der Waals surface area contributed by atoms with Crippen molar-refractivity contribution in [2.75, 3.05) is 6.61 Å². The molecule has 0 amide bonds. The van der Waals surface area contributed by atoms with Gasteiger partial charge < -0.3 is 9.84 Å². The first-order chi connectivity index (χ1) is 14.9. The number of pyridine rings is 1. The number of aromatic nitrogens is 1. The molecule has 160 valence electrons. The molecule has 1 N–H and O–H groups in total. The topological polar surface area (TPSA) is 103 Å². The number of unbranched alkanes of at least 4 members (excludes halogenated alkanes) is 1. The van der Waals surface area contributed by atoms with Crippen LogP contribution in [-0.4, -0.2) is 27.6 Å². The highest BCUT2D eigenvalue weighted by atomic mass is 16.6. The van der Waals surface area contributed by atoms with Gasteiger partial charge in [-0.1, -0.05) is 49.4 Å². The van der Waals surface area contributed by atoms with E-state index in [1.165, 1.54) is 12.1 Å². The Morgan fingerprint density at radius 3 is 2.48 bits per heavy atom. The Labute approximate surface area is 180 Å². The summed E-state index contributed by atoms with van der Waals surface area (Å²) in [5, 5.41) is 20.1. The van der Waals surface area contributed by atoms with Gasteiger partial charge in [0.25, 0.3) is 5.69 Å². The molecule has 0 radical (unpaired) electrons. The second kappa shape index (κ2) is 10.3. The first-order valence-corrected chi connectivity index (χ1v) is 10.1. The van der Waals surface area contributed by atoms with E-state index in [0.717, 1.165) is 17.5 Å². The summed E-state index contributed by atoms with van der Waals surface area (Å²) >= 11 is 0. The smallest absolute Gasteiger partial charge is 0.306 e. The summed E-state index contributed by atoms with van der Waals surface area (Å²) in [6, 6.07) is 19.7. The first kappa shape index (κ1) is 22.0. The van der Waals surface area contributed by atoms with Crippen molar-refractivity contribution in [3.8, 4) is 28.3 Å². The van der Waals surface area contributed by atoms with Gasteiger partial charge in [-0.2, -0.15) is 0 Å². The van der Waals surface area contributed by atoms with Crippen molar-refractivity contribution < 1.29 is 19.6 Å². The normalized spacial score (nSPS) is 11.6. The maximum absolute atomic E-state index is 11.2. The maximum Gasteiger partial charge on any atom is 0.306 e. The predicted octanol–water partition coefficient (Wildman–Crippen LogP) is 5.59. The number of ether oxygens (including phenoxy) is 1. The summed E-state index contributed by atoms with van der Waals surface area (Å²) in [5.74, 6) is -0.742. The van der Waals surface area contributed by atoms with Crippen molar-refractivity contribution in [1.29, 1.82) is 0 Å². The lowest BCUT2D eigenvalue weighted by molar-refractivity contribution is -0.384. The van der Waals surface area contributed by atoms with Gasteiger partial charge in [-0.15, -0.1) is 0 Å². The molecule has 1 unspecified atom stereocenters. The zero-order valence-corrected chi connectivity index (χ0v) is 17.2. The molecule has 0 aliphatic rings. The second-order valence-corrected chi connectivity index (χ2v) is 7.34. The molecule has 1 heterocycles. The van der Waals surface area contributed by atoms with Crippen LogP contribution in [0.15, 0.2) is 66.7 Å². The van der Waals surface area contributed by atoms with E-state index in [1.807, 2.05) is 42.5 Å². The minimum absolute atomic E-state index is 0.0191. The van der Waals surface area contributed by atoms with Gasteiger partial charge in [0, 0.05) is 23.8 Å². The van der Waals surface area contributed by atoms with E-state index in [-0.39, 0.29) is 11.6 Å². The van der Waals surface area contributed by atoms with Gasteiger partial charge in [0.1, 0.15) is 0 Å². The summed E-state index contributed by atoms with van der Waals surface area (Å²) in [6.45, 7) is 2.10. The molecule has 3 aromatic rings. The van der Waals surface area contributed by atoms with Gasteiger partial charge >= 0.3 is 5.97 Å². The largest absolute Gasteiger partial charge is 0.481 e. The number of nitro groups is 1. The number of benzene rings is 2. The van der Waals surface area contributed by atoms with Crippen LogP contribution < -0.4 is 4.74 Å². The molecule has 0 fully saturated rings. The summed E-state index contributed by atoms with van der Waals surface area (Å²) in [7, 11) is 0. The number of hydrogen-bond acceptors (Lipinski definition) is 5. The van der Waals surface area contributed by atoms with Crippen LogP contribution in [0, 0.1) is 16.0 Å². The average molecular weight is 420 g/mol. The summed E-state index contributed by atoms with van der Waals surface area (Å²) < 4.78 is 5.86. The fraction of sp³-hybridized carbons (Fsp3) is 0.250. The monoisotopic (exact) mass is 420 g/mol. The highest BCUT2D eigenvalue weighted by Crippen LogP contribution is 2.30. The van der Waals surface area contributed by atoms with Gasteiger partial charge in [-0.3, -0.25) is 14.9 Å². The van der Waals surface area contributed by atoms with Gasteiger partial charge in [-0.25, -0.2) is 4.98 Å². The Hall–Kier alpha value is -3.74. The Morgan fingerprint density at radius 2 is 1.77 bits per heavy atom. The van der Waals surface area contributed by atoms with Crippen LogP contribution in [0.3, 0.4) is 0 Å². The Balaban J connectivity index is 1.82. The van der Waals surface area contributed by atoms with Crippen LogP contribution in [-0.2, 0) is 4.79 Å². The van der Waals surface area contributed by atoms with Crippen LogP contribution in [0.1, 0.15) is 26.2 Å². The number of nitro benzene ring substituents is 1. The number of rotatable bonds is 10. The van der Waals surface area contributed by atoms with Crippen LogP contribution in [0.5, 0.6) is 5.88 Å². The third kappa shape index (κ3) is 6.12. The second-order valence-electron chi connectivity index (χ2n) is 7.34. The van der Waals surface area contributed by atoms with Crippen molar-refractivity contribution in [2.24, 2.45) is 5.92 Å². The third-order valence-electron chi connectivity index (χ3n) is 4.96. The molecule has 0 saturated heterocycles. The van der Waals surface area contributed by atoms with E-state index in [0.29, 0.717) is 36.6 Å². The van der Waals surface area contributed by atoms with Gasteiger partial charge in [-0.05, 0) is 36.5 Å². The summed E-state index contributed by atoms with van der Waals surface area (Å²) in [4.78, 5) is 26.3. The number of carbonyl (C=O) groups is 1. The van der Waals surface area contributed by atoms with E-state index >= 15 is 0 Å². The number of carboxylic acid groups (broad SMARTS) is 1. The minimum atomic E-state index is -0.792. The number of hydrogen-bond donors (Lipinski definition) is 1. The standard InChI is InChI=1S/C24H24N2O5/c1-17(24(27)28)8-5-6-13-31-23-16-20(19-11-7-12-21(14-19)26(29)30)15-22(25-23)18-9-3-2-4-10-18/h2-4,7,9-12,14-17H,5-6,8,13H2,1H3,(H,27,28). The molecule has 0 saturated carbocycles. The predicted molar refractivity (Wildman–Crippen MR) is 118 cm³/mol. The van der Waals surface area contributed by atoms with Gasteiger partial charge in [0.2, 0.25) is 5.88 Å². The Kier molecular flexibility index (Phi) is 7.32. The van der Waals surface area contributed by atoms with Crippen molar-refractivity contribution in [3.05, 3.63) is 76.8 Å². The molecule has 7 heteroatoms. The number of aliphatic carboxylic acids is 1. The van der Waals surface area contributed by atoms with E-state index < -0.39 is 10.9 Å². The molecule has 0 spiro atoms. The van der Waals surface area contributed by atoms with Crippen LogP contribution in [0.25, 0.3) is 22.4 Å². The molecule has 0 bridgehead atoms. The zero-order chi connectivity index (χ0) is 22.2. The van der Waals surface area contributed by atoms with Crippen LogP contribution >= 0.6 is 0 Å². The lowest BCUT2D eigenvalue weighted by atomic mass is 10.0. The van der Waals surface area contributed by atoms with E-state index in [1.54, 1.807) is 19.1 Å². The highest BCUT2D eigenvalue weighted by Gasteiger charge is 2.12. The number of carboxylic acids is 1. The lowest BCUT2D eigenvalue weighted by Gasteiger charge is -2.11. The van der Waals surface area contributed by atoms with Crippen molar-refractivity contribution in [2.45, 2.75) is 26.2 Å². The lowest BCUT2D eigenvalue weighted by Crippen LogP contribution is -2.09. The molecule has 1 atom stereocenters. The van der Waals surface area contributed by atoms with Crippen molar-refractivity contribution in [3.63, 3.8) is 0 Å². The fourth-order valence-corrected chi connectivity index (χ4v) is 3.15. The van der Waals surface area contributed by atoms with Gasteiger partial charge in [0.05, 0.1) is 23.1 Å². The quantitative estimate of drug-likeness (QED) is 0.260. The molecular formula is C24H24N2O5. The maximum atomic E-state index is 11.2. The molecule has 31 heavy (non-hydrogen) atoms. The molecule has 0 aliphatic heterocycles. The third-order valence-corrected chi connectivity index (χ3v) is 4.96. The Morgan fingerprint density at radius 1 is 1.03 bits per heavy atom. The number of nitrogens with zero attached hydrogens (tertiary/aromatic N) is 2. The number of non-ortho nitro benzene ring substituents is 1. The Bertz CT molecular complexity index is 1050. The van der Waals surface area contributed by atoms with E-state index in [4.69, 9.17) is 9.84 Å². The summed E-state index contributed by atoms with van der Waals surface area (Å²) in [6.07, 6.45) is 2.04. The van der Waals surface area contributed by atoms with Crippen LogP contribution in [0.4, 0.5) is 5.69 Å². The molecule has 3 rings (SSSR count). The fourth-order valence-electron chi connectivity index (χ4n) is 3.15. The van der Waals surface area contributed by atoms with Gasteiger partial charge in [0.15, 0.2) is 0 Å². The van der Waals surface area contributed by atoms with Crippen molar-refractivity contribution >= 4 is 11.7 Å². The molecule has 2 aromatic carbocycles. The molecule has 7 nitrogen and oxygen atoms in total. The van der Waals surface area contributed by atoms with Crippen molar-refractivity contribution in [1.82, 2.24) is 4.98 Å². The average Bonchev–Trinajstić information content (AvgIpc) is 2.79. The SMILES string of the molecule is CC(CCCCOc1cc(-c2cccc([N+](=O)[O-])c2)cc(-c2ccccc2)n1)C(=O)O. The van der Waals surface area contributed by atoms with E-state index in [2.05, 4.69) is 4.98 Å². The first-order valence-electron chi connectivity index (χ1n) is 10.1.